The van der Waals surface area contributed by atoms with E-state index in [0.29, 0.717) is 34.3 Å². The van der Waals surface area contributed by atoms with Crippen molar-refractivity contribution >= 4 is 11.5 Å². The van der Waals surface area contributed by atoms with Crippen LogP contribution in [0.4, 0.5) is 24.7 Å². The van der Waals surface area contributed by atoms with Crippen molar-refractivity contribution in [3.05, 3.63) is 60.4 Å². The van der Waals surface area contributed by atoms with Crippen LogP contribution in [0, 0.1) is 0 Å². The lowest BCUT2D eigenvalue weighted by molar-refractivity contribution is -0.137. The first kappa shape index (κ1) is 19.0. The highest BCUT2D eigenvalue weighted by atomic mass is 19.4. The van der Waals surface area contributed by atoms with E-state index in [1.165, 1.54) is 18.5 Å². The molecule has 1 aromatic heterocycles. The van der Waals surface area contributed by atoms with Crippen molar-refractivity contribution in [2.24, 2.45) is 0 Å². The summed E-state index contributed by atoms with van der Waals surface area (Å²) in [6, 6.07) is 11.6. The van der Waals surface area contributed by atoms with Crippen LogP contribution in [0.15, 0.2) is 54.9 Å². The van der Waals surface area contributed by atoms with E-state index in [0.717, 1.165) is 12.1 Å². The Morgan fingerprint density at radius 3 is 2.55 bits per heavy atom. The predicted octanol–water partition coefficient (Wildman–Crippen LogP) is 4.04. The predicted molar refractivity (Wildman–Crippen MR) is 99.2 cm³/mol. The molecular formula is C20H16F3N3O3. The number of alkyl halides is 3. The molecule has 0 radical (unpaired) electrons. The minimum Gasteiger partial charge on any atom is -0.486 e. The largest absolute Gasteiger partial charge is 0.486 e. The van der Waals surface area contributed by atoms with E-state index in [1.807, 2.05) is 0 Å². The smallest absolute Gasteiger partial charge is 0.416 e. The maximum Gasteiger partial charge on any atom is 0.416 e. The molecule has 1 aliphatic heterocycles. The molecule has 29 heavy (non-hydrogen) atoms. The van der Waals surface area contributed by atoms with Gasteiger partial charge in [0, 0.05) is 23.4 Å². The van der Waals surface area contributed by atoms with E-state index in [1.54, 1.807) is 24.3 Å². The molecule has 150 valence electrons. The lowest BCUT2D eigenvalue weighted by Crippen LogP contribution is -2.32. The van der Waals surface area contributed by atoms with Gasteiger partial charge < -0.3 is 19.9 Å². The zero-order chi connectivity index (χ0) is 20.4. The minimum absolute atomic E-state index is 0.132. The summed E-state index contributed by atoms with van der Waals surface area (Å²) >= 11 is 0. The molecule has 9 heteroatoms. The van der Waals surface area contributed by atoms with Crippen LogP contribution in [0.3, 0.4) is 0 Å². The van der Waals surface area contributed by atoms with Crippen LogP contribution < -0.4 is 14.8 Å². The number of ether oxygens (including phenoxy) is 2. The lowest BCUT2D eigenvalue weighted by atomic mass is 10.1. The number of rotatable bonds is 4. The molecule has 0 aliphatic carbocycles. The van der Waals surface area contributed by atoms with Gasteiger partial charge >= 0.3 is 6.18 Å². The molecule has 6 nitrogen and oxygen atoms in total. The number of halogens is 3. The summed E-state index contributed by atoms with van der Waals surface area (Å²) in [7, 11) is 0. The Balaban J connectivity index is 1.52. The zero-order valence-electron chi connectivity index (χ0n) is 15.0. The molecule has 2 aromatic carbocycles. The average Bonchev–Trinajstić information content (AvgIpc) is 2.73. The maximum atomic E-state index is 12.7. The van der Waals surface area contributed by atoms with E-state index in [4.69, 9.17) is 14.6 Å². The third kappa shape index (κ3) is 4.24. The summed E-state index contributed by atoms with van der Waals surface area (Å²) in [6.07, 6.45) is -3.44. The number of anilines is 2. The zero-order valence-corrected chi connectivity index (χ0v) is 15.0. The standard InChI is InChI=1S/C20H16F3N3O3/c21-20(22,23)13-3-1-12(2-4-13)16-8-19(25-11-24-16)26-14-5-6-17-18(7-14)28-10-15(9-27)29-17/h1-8,11,15,27H,9-10H2,(H,24,25,26). The van der Waals surface area contributed by atoms with E-state index in [-0.39, 0.29) is 13.2 Å². The molecule has 1 aliphatic rings. The molecule has 2 N–H and O–H groups in total. The van der Waals surface area contributed by atoms with Crippen LogP contribution in [0.1, 0.15) is 5.56 Å². The summed E-state index contributed by atoms with van der Waals surface area (Å²) in [4.78, 5) is 8.28. The first-order valence-corrected chi connectivity index (χ1v) is 8.73. The molecular weight excluding hydrogens is 387 g/mol. The molecule has 0 spiro atoms. The number of fused-ring (bicyclic) bond motifs is 1. The molecule has 3 aromatic rings. The van der Waals surface area contributed by atoms with E-state index >= 15 is 0 Å². The molecule has 1 atom stereocenters. The average molecular weight is 403 g/mol. The summed E-state index contributed by atoms with van der Waals surface area (Å²) < 4.78 is 49.3. The van der Waals surface area contributed by atoms with Crippen LogP contribution in [0.2, 0.25) is 0 Å². The first-order chi connectivity index (χ1) is 13.9. The molecule has 1 unspecified atom stereocenters. The second-order valence-electron chi connectivity index (χ2n) is 6.38. The van der Waals surface area contributed by atoms with Gasteiger partial charge in [-0.2, -0.15) is 13.2 Å². The molecule has 0 amide bonds. The van der Waals surface area contributed by atoms with Gasteiger partial charge in [0.2, 0.25) is 0 Å². The SMILES string of the molecule is OCC1COc2cc(Nc3cc(-c4ccc(C(F)(F)F)cc4)ncn3)ccc2O1. The Kier molecular flexibility index (Phi) is 4.98. The minimum atomic E-state index is -4.38. The number of nitrogens with zero attached hydrogens (tertiary/aromatic N) is 2. The van der Waals surface area contributed by atoms with Gasteiger partial charge in [-0.05, 0) is 24.3 Å². The second kappa shape index (κ2) is 7.59. The third-order valence-corrected chi connectivity index (χ3v) is 4.31. The van der Waals surface area contributed by atoms with Crippen molar-refractivity contribution in [2.75, 3.05) is 18.5 Å². The highest BCUT2D eigenvalue weighted by molar-refractivity contribution is 5.67. The molecule has 0 saturated heterocycles. The van der Waals surface area contributed by atoms with Gasteiger partial charge in [0.25, 0.3) is 0 Å². The van der Waals surface area contributed by atoms with Gasteiger partial charge in [0.15, 0.2) is 17.6 Å². The normalized spacial score (nSPS) is 15.8. The Morgan fingerprint density at radius 2 is 1.83 bits per heavy atom. The molecule has 0 bridgehead atoms. The molecule has 0 saturated carbocycles. The summed E-state index contributed by atoms with van der Waals surface area (Å²) in [5, 5.41) is 12.3. The fraction of sp³-hybridized carbons (Fsp3) is 0.200. The highest BCUT2D eigenvalue weighted by Gasteiger charge is 2.30. The Hall–Kier alpha value is -3.33. The number of hydrogen-bond donors (Lipinski definition) is 2. The van der Waals surface area contributed by atoms with Gasteiger partial charge in [-0.15, -0.1) is 0 Å². The number of aliphatic hydroxyl groups excluding tert-OH is 1. The van der Waals surface area contributed by atoms with Crippen molar-refractivity contribution in [1.82, 2.24) is 9.97 Å². The van der Waals surface area contributed by atoms with Crippen LogP contribution in [-0.4, -0.2) is 34.4 Å². The van der Waals surface area contributed by atoms with Crippen molar-refractivity contribution in [3.8, 4) is 22.8 Å². The second-order valence-corrected chi connectivity index (χ2v) is 6.38. The quantitative estimate of drug-likeness (QED) is 0.685. The fourth-order valence-corrected chi connectivity index (χ4v) is 2.84. The van der Waals surface area contributed by atoms with E-state index in [2.05, 4.69) is 15.3 Å². The van der Waals surface area contributed by atoms with Crippen LogP contribution in [-0.2, 0) is 6.18 Å². The number of aliphatic hydroxyl groups is 1. The Morgan fingerprint density at radius 1 is 1.03 bits per heavy atom. The van der Waals surface area contributed by atoms with E-state index in [9.17, 15) is 13.2 Å². The summed E-state index contributed by atoms with van der Waals surface area (Å²) in [5.41, 5.74) is 1.00. The van der Waals surface area contributed by atoms with Gasteiger partial charge in [-0.1, -0.05) is 12.1 Å². The molecule has 2 heterocycles. The summed E-state index contributed by atoms with van der Waals surface area (Å²) in [5.74, 6) is 1.55. The van der Waals surface area contributed by atoms with Crippen LogP contribution in [0.25, 0.3) is 11.3 Å². The van der Waals surface area contributed by atoms with Crippen LogP contribution in [0.5, 0.6) is 11.5 Å². The monoisotopic (exact) mass is 403 g/mol. The number of nitrogens with one attached hydrogen (secondary N) is 1. The van der Waals surface area contributed by atoms with Gasteiger partial charge in [-0.3, -0.25) is 0 Å². The third-order valence-electron chi connectivity index (χ3n) is 4.31. The Bertz CT molecular complexity index is 1010. The highest BCUT2D eigenvalue weighted by Crippen LogP contribution is 2.35. The van der Waals surface area contributed by atoms with Crippen molar-refractivity contribution in [3.63, 3.8) is 0 Å². The number of benzene rings is 2. The van der Waals surface area contributed by atoms with Gasteiger partial charge in [-0.25, -0.2) is 9.97 Å². The maximum absolute atomic E-state index is 12.7. The number of aromatic nitrogens is 2. The Labute approximate surface area is 164 Å². The summed E-state index contributed by atoms with van der Waals surface area (Å²) in [6.45, 7) is 0.117. The van der Waals surface area contributed by atoms with Crippen molar-refractivity contribution < 1.29 is 27.8 Å². The van der Waals surface area contributed by atoms with Crippen molar-refractivity contribution in [2.45, 2.75) is 12.3 Å². The van der Waals surface area contributed by atoms with E-state index < -0.39 is 17.8 Å². The molecule has 0 fully saturated rings. The number of hydrogen-bond acceptors (Lipinski definition) is 6. The molecule has 4 rings (SSSR count). The van der Waals surface area contributed by atoms with Gasteiger partial charge in [0.05, 0.1) is 17.9 Å². The van der Waals surface area contributed by atoms with Gasteiger partial charge in [0.1, 0.15) is 18.8 Å². The fourth-order valence-electron chi connectivity index (χ4n) is 2.84. The first-order valence-electron chi connectivity index (χ1n) is 8.73. The lowest BCUT2D eigenvalue weighted by Gasteiger charge is -2.25. The van der Waals surface area contributed by atoms with Crippen LogP contribution >= 0.6 is 0 Å². The topological polar surface area (TPSA) is 76.5 Å². The van der Waals surface area contributed by atoms with Crippen molar-refractivity contribution in [1.29, 1.82) is 0 Å².